The molecule has 0 radical (unpaired) electrons. The number of rotatable bonds is 9. The lowest BCUT2D eigenvalue weighted by molar-refractivity contribution is -0.134. The molecule has 0 aliphatic carbocycles. The average molecular weight is 279 g/mol. The number of hydrogen-bond donors (Lipinski definition) is 1. The lowest BCUT2D eigenvalue weighted by atomic mass is 10.2. The number of hydroxylamine groups is 1. The fourth-order valence-electron chi connectivity index (χ4n) is 1.77. The highest BCUT2D eigenvalue weighted by Crippen LogP contribution is 2.15. The summed E-state index contributed by atoms with van der Waals surface area (Å²) >= 11 is 0. The smallest absolute Gasteiger partial charge is 0.243 e. The summed E-state index contributed by atoms with van der Waals surface area (Å²) in [7, 11) is 0. The van der Waals surface area contributed by atoms with Crippen LogP contribution in [0.3, 0.4) is 0 Å². The number of carbonyl (C=O) groups excluding carboxylic acids is 1. The molecule has 0 aromatic heterocycles. The van der Waals surface area contributed by atoms with Crippen LogP contribution in [0.5, 0.6) is 5.75 Å². The van der Waals surface area contributed by atoms with Crippen LogP contribution in [0.25, 0.3) is 0 Å². The Balaban J connectivity index is 2.29. The molecule has 0 atom stereocenters. The van der Waals surface area contributed by atoms with Gasteiger partial charge in [0.2, 0.25) is 5.91 Å². The van der Waals surface area contributed by atoms with Gasteiger partial charge in [-0.05, 0) is 38.0 Å². The number of benzene rings is 1. The summed E-state index contributed by atoms with van der Waals surface area (Å²) in [4.78, 5) is 16.7. The van der Waals surface area contributed by atoms with E-state index in [1.165, 1.54) is 0 Å². The largest absolute Gasteiger partial charge is 0.491 e. The van der Waals surface area contributed by atoms with Crippen molar-refractivity contribution < 1.29 is 14.4 Å². The van der Waals surface area contributed by atoms with Crippen LogP contribution in [0.1, 0.15) is 52.0 Å². The molecule has 1 aromatic rings. The highest BCUT2D eigenvalue weighted by molar-refractivity contribution is 5.74. The van der Waals surface area contributed by atoms with E-state index in [0.717, 1.165) is 30.6 Å². The molecule has 1 rings (SSSR count). The Bertz CT molecular complexity index is 404. The van der Waals surface area contributed by atoms with Gasteiger partial charge in [0.1, 0.15) is 5.75 Å². The molecule has 0 aliphatic rings. The molecule has 0 saturated carbocycles. The molecule has 1 amide bonds. The van der Waals surface area contributed by atoms with Gasteiger partial charge in [0.15, 0.2) is 0 Å². The molecule has 0 spiro atoms. The van der Waals surface area contributed by atoms with Gasteiger partial charge in [0, 0.05) is 6.42 Å². The molecule has 20 heavy (non-hydrogen) atoms. The van der Waals surface area contributed by atoms with Gasteiger partial charge in [-0.25, -0.2) is 5.48 Å². The summed E-state index contributed by atoms with van der Waals surface area (Å²) in [6.45, 7) is 6.43. The van der Waals surface area contributed by atoms with Gasteiger partial charge in [-0.15, -0.1) is 0 Å². The van der Waals surface area contributed by atoms with E-state index in [0.29, 0.717) is 13.0 Å². The van der Waals surface area contributed by atoms with Crippen molar-refractivity contribution in [3.05, 3.63) is 29.8 Å². The van der Waals surface area contributed by atoms with Gasteiger partial charge in [0.25, 0.3) is 0 Å². The molecule has 0 heterocycles. The molecule has 112 valence electrons. The van der Waals surface area contributed by atoms with Crippen LogP contribution < -0.4 is 10.2 Å². The van der Waals surface area contributed by atoms with E-state index in [1.807, 2.05) is 38.1 Å². The van der Waals surface area contributed by atoms with E-state index in [4.69, 9.17) is 9.57 Å². The first kappa shape index (κ1) is 16.5. The first-order valence-electron chi connectivity index (χ1n) is 7.28. The Labute approximate surface area is 121 Å². The van der Waals surface area contributed by atoms with Crippen LogP contribution in [0.4, 0.5) is 0 Å². The van der Waals surface area contributed by atoms with Crippen LogP contribution in [0, 0.1) is 0 Å². The Morgan fingerprint density at radius 3 is 2.80 bits per heavy atom. The maximum Gasteiger partial charge on any atom is 0.243 e. The number of ether oxygens (including phenoxy) is 1. The van der Waals surface area contributed by atoms with Crippen molar-refractivity contribution in [3.63, 3.8) is 0 Å². The van der Waals surface area contributed by atoms with Crippen molar-refractivity contribution in [1.82, 2.24) is 5.48 Å². The number of unbranched alkanes of at least 4 members (excludes halogenated alkanes) is 2. The number of amides is 1. The molecule has 4 heteroatoms. The third kappa shape index (κ3) is 7.14. The van der Waals surface area contributed by atoms with Gasteiger partial charge in [-0.1, -0.05) is 31.9 Å². The van der Waals surface area contributed by atoms with Gasteiger partial charge >= 0.3 is 0 Å². The molecule has 0 aliphatic heterocycles. The van der Waals surface area contributed by atoms with E-state index in [2.05, 4.69) is 12.4 Å². The van der Waals surface area contributed by atoms with Crippen LogP contribution in [0.15, 0.2) is 24.3 Å². The second kappa shape index (κ2) is 9.37. The Morgan fingerprint density at radius 2 is 2.10 bits per heavy atom. The molecule has 0 fully saturated rings. The molecular weight excluding hydrogens is 254 g/mol. The molecule has 0 bridgehead atoms. The minimum absolute atomic E-state index is 0.0620. The Morgan fingerprint density at radius 1 is 1.30 bits per heavy atom. The van der Waals surface area contributed by atoms with Crippen LogP contribution in [-0.4, -0.2) is 12.0 Å². The lowest BCUT2D eigenvalue weighted by Crippen LogP contribution is -2.23. The highest BCUT2D eigenvalue weighted by atomic mass is 16.6. The van der Waals surface area contributed by atoms with Crippen molar-refractivity contribution in [2.75, 3.05) is 0 Å². The van der Waals surface area contributed by atoms with Crippen molar-refractivity contribution >= 4 is 5.91 Å². The Kier molecular flexibility index (Phi) is 7.73. The zero-order valence-electron chi connectivity index (χ0n) is 12.6. The third-order valence-electron chi connectivity index (χ3n) is 2.70. The predicted molar refractivity (Wildman–Crippen MR) is 79.3 cm³/mol. The minimum Gasteiger partial charge on any atom is -0.491 e. The zero-order valence-corrected chi connectivity index (χ0v) is 12.6. The first-order chi connectivity index (χ1) is 9.61. The topological polar surface area (TPSA) is 47.6 Å². The Hall–Kier alpha value is -1.55. The molecule has 4 nitrogen and oxygen atoms in total. The van der Waals surface area contributed by atoms with E-state index in [9.17, 15) is 4.79 Å². The van der Waals surface area contributed by atoms with Gasteiger partial charge in [-0.3, -0.25) is 9.63 Å². The zero-order chi connectivity index (χ0) is 14.8. The summed E-state index contributed by atoms with van der Waals surface area (Å²) in [6.07, 6.45) is 3.75. The number of hydrogen-bond acceptors (Lipinski definition) is 3. The fraction of sp³-hybridized carbons (Fsp3) is 0.562. The number of carbonyl (C=O) groups is 1. The highest BCUT2D eigenvalue weighted by Gasteiger charge is 2.02. The third-order valence-corrected chi connectivity index (χ3v) is 2.70. The van der Waals surface area contributed by atoms with E-state index < -0.39 is 0 Å². The van der Waals surface area contributed by atoms with Crippen LogP contribution in [-0.2, 0) is 16.2 Å². The molecule has 0 saturated heterocycles. The van der Waals surface area contributed by atoms with Crippen molar-refractivity contribution in [3.8, 4) is 5.75 Å². The van der Waals surface area contributed by atoms with Crippen molar-refractivity contribution in [1.29, 1.82) is 0 Å². The molecule has 0 unspecified atom stereocenters. The summed E-state index contributed by atoms with van der Waals surface area (Å²) in [5.41, 5.74) is 3.44. The lowest BCUT2D eigenvalue weighted by Gasteiger charge is -2.11. The second-order valence-electron chi connectivity index (χ2n) is 5.09. The van der Waals surface area contributed by atoms with Gasteiger partial charge < -0.3 is 4.74 Å². The quantitative estimate of drug-likeness (QED) is 0.555. The summed E-state index contributed by atoms with van der Waals surface area (Å²) in [6, 6.07) is 7.69. The SMILES string of the molecule is CCCCCC(=O)NOCc1cccc(OC(C)C)c1. The van der Waals surface area contributed by atoms with Crippen LogP contribution >= 0.6 is 0 Å². The van der Waals surface area contributed by atoms with E-state index in [1.54, 1.807) is 0 Å². The van der Waals surface area contributed by atoms with Gasteiger partial charge in [0.05, 0.1) is 12.7 Å². The van der Waals surface area contributed by atoms with Crippen molar-refractivity contribution in [2.45, 2.75) is 59.2 Å². The standard InChI is InChI=1S/C16H25NO3/c1-4-5-6-10-16(18)17-19-12-14-8-7-9-15(11-14)20-13(2)3/h7-9,11,13H,4-6,10,12H2,1-3H3,(H,17,18). The predicted octanol–water partition coefficient (Wildman–Crippen LogP) is 3.60. The molecular formula is C16H25NO3. The fourth-order valence-corrected chi connectivity index (χ4v) is 1.77. The summed E-state index contributed by atoms with van der Waals surface area (Å²) in [5.74, 6) is 0.753. The average Bonchev–Trinajstić information content (AvgIpc) is 2.39. The summed E-state index contributed by atoms with van der Waals surface area (Å²) < 4.78 is 5.60. The minimum atomic E-state index is -0.0620. The second-order valence-corrected chi connectivity index (χ2v) is 5.09. The maximum atomic E-state index is 11.5. The monoisotopic (exact) mass is 279 g/mol. The van der Waals surface area contributed by atoms with Crippen molar-refractivity contribution in [2.24, 2.45) is 0 Å². The van der Waals surface area contributed by atoms with E-state index in [-0.39, 0.29) is 12.0 Å². The van der Waals surface area contributed by atoms with Crippen LogP contribution in [0.2, 0.25) is 0 Å². The molecule has 1 aromatic carbocycles. The number of nitrogens with one attached hydrogen (secondary N) is 1. The maximum absolute atomic E-state index is 11.5. The molecule has 1 N–H and O–H groups in total. The first-order valence-corrected chi connectivity index (χ1v) is 7.28. The van der Waals surface area contributed by atoms with E-state index >= 15 is 0 Å². The summed E-state index contributed by atoms with van der Waals surface area (Å²) in [5, 5.41) is 0. The normalized spacial score (nSPS) is 10.6. The van der Waals surface area contributed by atoms with Gasteiger partial charge in [-0.2, -0.15) is 0 Å².